The molecule has 0 fully saturated rings. The average Bonchev–Trinajstić information content (AvgIpc) is 3.40. The van der Waals surface area contributed by atoms with Crippen LogP contribution < -0.4 is 0 Å². The van der Waals surface area contributed by atoms with E-state index in [1.807, 2.05) is 0 Å². The van der Waals surface area contributed by atoms with Gasteiger partial charge < -0.3 is 48.3 Å². The van der Waals surface area contributed by atoms with Gasteiger partial charge in [-0.25, -0.2) is 0 Å². The van der Waals surface area contributed by atoms with Gasteiger partial charge >= 0.3 is 0 Å². The van der Waals surface area contributed by atoms with Gasteiger partial charge in [-0.15, -0.1) is 0 Å². The monoisotopic (exact) mass is 797 g/mol. The predicted octanol–water partition coefficient (Wildman–Crippen LogP) is 5.83. The van der Waals surface area contributed by atoms with Crippen molar-refractivity contribution in [3.8, 4) is 11.1 Å². The molecule has 0 aromatic heterocycles. The van der Waals surface area contributed by atoms with Crippen LogP contribution in [0.4, 0.5) is 0 Å². The van der Waals surface area contributed by atoms with Crippen LogP contribution in [0.1, 0.15) is 60.8 Å². The van der Waals surface area contributed by atoms with Crippen molar-refractivity contribution in [3.63, 3.8) is 0 Å². The molecule has 0 atom stereocenters. The van der Waals surface area contributed by atoms with E-state index in [2.05, 4.69) is 136 Å². The Morgan fingerprint density at radius 3 is 1.02 bits per heavy atom. The first kappa shape index (κ1) is 49.4. The minimum atomic E-state index is -0.163. The molecule has 10 heteroatoms. The smallest absolute Gasteiger partial charge is 0.0701 e. The van der Waals surface area contributed by atoms with Crippen LogP contribution in [0, 0.1) is 13.8 Å². The van der Waals surface area contributed by atoms with Crippen LogP contribution in [-0.4, -0.2) is 204 Å². The number of nitrogens with zero attached hydrogens (tertiary/aromatic N) is 6. The van der Waals surface area contributed by atoms with Crippen LogP contribution in [0.3, 0.4) is 0 Å². The number of hydrogen-bond acceptors (Lipinski definition) is 10. The van der Waals surface area contributed by atoms with Gasteiger partial charge in [0.15, 0.2) is 0 Å². The van der Waals surface area contributed by atoms with Gasteiger partial charge in [0.1, 0.15) is 0 Å². The maximum absolute atomic E-state index is 6.34. The van der Waals surface area contributed by atoms with E-state index in [9.17, 15) is 0 Å². The van der Waals surface area contributed by atoms with E-state index in [1.165, 1.54) is 59.1 Å². The predicted molar refractivity (Wildman–Crippen MR) is 240 cm³/mol. The van der Waals surface area contributed by atoms with Crippen molar-refractivity contribution in [1.82, 2.24) is 29.4 Å². The van der Waals surface area contributed by atoms with E-state index in [1.54, 1.807) is 0 Å². The molecule has 10 nitrogen and oxygen atoms in total. The molecule has 326 valence electrons. The Bertz CT molecular complexity index is 1230. The van der Waals surface area contributed by atoms with Crippen LogP contribution >= 0.6 is 0 Å². The van der Waals surface area contributed by atoms with Crippen molar-refractivity contribution in [2.24, 2.45) is 0 Å². The molecule has 0 amide bonds. The summed E-state index contributed by atoms with van der Waals surface area (Å²) in [6, 6.07) is 13.9. The molecule has 0 saturated heterocycles. The van der Waals surface area contributed by atoms with E-state index in [0.29, 0.717) is 39.6 Å². The topological polar surface area (TPSA) is 56.4 Å². The molecule has 57 heavy (non-hydrogen) atoms. The zero-order chi connectivity index (χ0) is 41.5. The summed E-state index contributed by atoms with van der Waals surface area (Å²) in [5.74, 6) is 0. The summed E-state index contributed by atoms with van der Waals surface area (Å²) < 4.78 is 24.9. The first-order valence-corrected chi connectivity index (χ1v) is 22.0. The quantitative estimate of drug-likeness (QED) is 0.0811. The molecular weight excluding hydrogens is 713 g/mol. The second kappa shape index (κ2) is 27.7. The molecule has 1 aliphatic rings. The fraction of sp³-hybridized carbons (Fsp3) is 0.745. The lowest BCUT2D eigenvalue weighted by atomic mass is 9.72. The third kappa shape index (κ3) is 18.9. The summed E-state index contributed by atoms with van der Waals surface area (Å²) in [7, 11) is 17.2. The van der Waals surface area contributed by atoms with Crippen molar-refractivity contribution in [3.05, 3.63) is 58.7 Å². The summed E-state index contributed by atoms with van der Waals surface area (Å²) >= 11 is 0. The van der Waals surface area contributed by atoms with Crippen molar-refractivity contribution in [1.29, 1.82) is 0 Å². The summed E-state index contributed by atoms with van der Waals surface area (Å²) in [4.78, 5) is 14.2. The molecule has 0 spiro atoms. The molecule has 2 aromatic carbocycles. The zero-order valence-electron chi connectivity index (χ0n) is 38.3. The maximum atomic E-state index is 6.34. The van der Waals surface area contributed by atoms with Crippen molar-refractivity contribution >= 4 is 0 Å². The molecule has 2 aromatic rings. The lowest BCUT2D eigenvalue weighted by molar-refractivity contribution is 0.0247. The van der Waals surface area contributed by atoms with Gasteiger partial charge in [0.05, 0.1) is 39.6 Å². The second-order valence-electron chi connectivity index (χ2n) is 17.4. The summed E-state index contributed by atoms with van der Waals surface area (Å²) in [6.07, 6.45) is 6.53. The highest BCUT2D eigenvalue weighted by Crippen LogP contribution is 2.53. The highest BCUT2D eigenvalue weighted by Gasteiger charge is 2.42. The van der Waals surface area contributed by atoms with Crippen LogP contribution in [0.15, 0.2) is 36.4 Å². The fourth-order valence-corrected chi connectivity index (χ4v) is 8.02. The molecule has 0 unspecified atom stereocenters. The van der Waals surface area contributed by atoms with Crippen molar-refractivity contribution < 1.29 is 18.9 Å². The SMILES string of the molecule is Cc1ccc2c(c1)C(CCOCCOCCN(CCCN(C)C)CCCN(C)C)(CCOCCOCCN(CCCN(C)C)CCCN(C)C)c1cc(C)ccc1-2. The number of fused-ring (bicyclic) bond motifs is 3. The third-order valence-corrected chi connectivity index (χ3v) is 11.2. The largest absolute Gasteiger partial charge is 0.379 e. The molecule has 0 heterocycles. The Kier molecular flexibility index (Phi) is 24.0. The van der Waals surface area contributed by atoms with E-state index >= 15 is 0 Å². The number of rotatable bonds is 34. The molecule has 1 aliphatic carbocycles. The number of aryl methyl sites for hydroxylation is 2. The molecule has 0 N–H and O–H groups in total. The van der Waals surface area contributed by atoms with Gasteiger partial charge in [0.25, 0.3) is 0 Å². The minimum Gasteiger partial charge on any atom is -0.379 e. The normalized spacial score (nSPS) is 13.7. The minimum absolute atomic E-state index is 0.163. The fourth-order valence-electron chi connectivity index (χ4n) is 8.02. The van der Waals surface area contributed by atoms with Gasteiger partial charge in [0.2, 0.25) is 0 Å². The van der Waals surface area contributed by atoms with E-state index in [-0.39, 0.29) is 5.41 Å². The highest BCUT2D eigenvalue weighted by atomic mass is 16.5. The molecule has 0 aliphatic heterocycles. The summed E-state index contributed by atoms with van der Waals surface area (Å²) in [5, 5.41) is 0. The zero-order valence-corrected chi connectivity index (χ0v) is 38.3. The first-order valence-electron chi connectivity index (χ1n) is 22.0. The Balaban J connectivity index is 1.51. The molecular formula is C47H84N6O4. The average molecular weight is 797 g/mol. The van der Waals surface area contributed by atoms with Gasteiger partial charge in [0, 0.05) is 31.7 Å². The number of benzene rings is 2. The van der Waals surface area contributed by atoms with Gasteiger partial charge in [-0.3, -0.25) is 0 Å². The van der Waals surface area contributed by atoms with E-state index in [4.69, 9.17) is 18.9 Å². The van der Waals surface area contributed by atoms with Crippen molar-refractivity contribution in [2.75, 3.05) is 175 Å². The maximum Gasteiger partial charge on any atom is 0.0701 e. The summed E-state index contributed by atoms with van der Waals surface area (Å²) in [6.45, 7) is 20.5. The Labute approximate surface area is 349 Å². The van der Waals surface area contributed by atoms with Crippen molar-refractivity contribution in [2.45, 2.75) is 57.8 Å². The highest BCUT2D eigenvalue weighted by molar-refractivity contribution is 5.81. The molecule has 0 saturated carbocycles. The Hall–Kier alpha value is -1.96. The lowest BCUT2D eigenvalue weighted by Gasteiger charge is -2.33. The van der Waals surface area contributed by atoms with Crippen LogP contribution in [0.5, 0.6) is 0 Å². The van der Waals surface area contributed by atoms with Gasteiger partial charge in [-0.2, -0.15) is 0 Å². The second-order valence-corrected chi connectivity index (χ2v) is 17.4. The number of hydrogen-bond donors (Lipinski definition) is 0. The van der Waals surface area contributed by atoms with E-state index < -0.39 is 0 Å². The lowest BCUT2D eigenvalue weighted by Crippen LogP contribution is -2.33. The molecule has 0 bridgehead atoms. The van der Waals surface area contributed by atoms with Gasteiger partial charge in [-0.05, 0) is 183 Å². The third-order valence-electron chi connectivity index (χ3n) is 11.2. The van der Waals surface area contributed by atoms with Crippen LogP contribution in [0.2, 0.25) is 0 Å². The molecule has 0 radical (unpaired) electrons. The van der Waals surface area contributed by atoms with Crippen LogP contribution in [-0.2, 0) is 24.4 Å². The number of ether oxygens (including phenoxy) is 4. The Morgan fingerprint density at radius 1 is 0.386 bits per heavy atom. The van der Waals surface area contributed by atoms with Gasteiger partial charge in [-0.1, -0.05) is 47.5 Å². The van der Waals surface area contributed by atoms with Crippen LogP contribution in [0.25, 0.3) is 11.1 Å². The summed E-state index contributed by atoms with van der Waals surface area (Å²) in [5.41, 5.74) is 7.95. The van der Waals surface area contributed by atoms with E-state index in [0.717, 1.165) is 91.5 Å². The first-order chi connectivity index (χ1) is 27.4. The Morgan fingerprint density at radius 2 is 0.702 bits per heavy atom. The molecule has 3 rings (SSSR count). The standard InChI is InChI=1S/C47H84N6O4/c1-41-15-17-43-44-18-16-42(2)40-46(44)47(45(43)39-41,19-31-54-35-37-56-33-29-52(25-11-21-48(3)4)26-12-22-49(5)6)20-32-55-36-38-57-34-30-53(27-13-23-50(7)8)28-14-24-51(9)10/h15-18,39-40H,11-14,19-38H2,1-10H3.